The summed E-state index contributed by atoms with van der Waals surface area (Å²) in [5.41, 5.74) is 0. The second-order valence-electron chi connectivity index (χ2n) is 3.03. The van der Waals surface area contributed by atoms with Gasteiger partial charge in [0.05, 0.1) is 6.10 Å². The lowest BCUT2D eigenvalue weighted by Gasteiger charge is -2.04. The third-order valence-corrected chi connectivity index (χ3v) is 3.41. The Hall–Kier alpha value is 0.690. The summed E-state index contributed by atoms with van der Waals surface area (Å²) in [4.78, 5) is 0. The summed E-state index contributed by atoms with van der Waals surface area (Å²) in [6.45, 7) is 1.03. The van der Waals surface area contributed by atoms with Crippen molar-refractivity contribution in [1.82, 2.24) is 0 Å². The van der Waals surface area contributed by atoms with Gasteiger partial charge >= 0.3 is 0 Å². The molecule has 0 spiro atoms. The Labute approximate surface area is 69.3 Å². The van der Waals surface area contributed by atoms with Crippen molar-refractivity contribution in [2.24, 2.45) is 5.92 Å². The van der Waals surface area contributed by atoms with Crippen molar-refractivity contribution < 1.29 is 4.74 Å². The Morgan fingerprint density at radius 3 is 3.00 bits per heavy atom. The molecule has 0 aromatic rings. The molecule has 1 aliphatic carbocycles. The van der Waals surface area contributed by atoms with Crippen LogP contribution < -0.4 is 0 Å². The second-order valence-corrected chi connectivity index (χ2v) is 4.79. The number of ether oxygens (including phenoxy) is 1. The molecule has 0 aromatic heterocycles. The summed E-state index contributed by atoms with van der Waals surface area (Å²) < 4.78 is 6.44. The van der Waals surface area contributed by atoms with Crippen molar-refractivity contribution in [3.05, 3.63) is 0 Å². The molecule has 2 rings (SSSR count). The highest BCUT2D eigenvalue weighted by Crippen LogP contribution is 2.39. The molecule has 1 heterocycles. The van der Waals surface area contributed by atoms with Gasteiger partial charge in [0.2, 0.25) is 0 Å². The van der Waals surface area contributed by atoms with Crippen LogP contribution in [0.15, 0.2) is 0 Å². The van der Waals surface area contributed by atoms with E-state index in [0.29, 0.717) is 6.10 Å². The van der Waals surface area contributed by atoms with Crippen LogP contribution in [0.5, 0.6) is 0 Å². The molecule has 3 atom stereocenters. The smallest absolute Gasteiger partial charge is 0.0614 e. The number of hydrogen-bond acceptors (Lipinski definition) is 1. The van der Waals surface area contributed by atoms with E-state index in [9.17, 15) is 0 Å². The molecule has 0 amide bonds. The van der Waals surface area contributed by atoms with Crippen LogP contribution in [0.25, 0.3) is 0 Å². The Morgan fingerprint density at radius 1 is 1.33 bits per heavy atom. The van der Waals surface area contributed by atoms with E-state index in [0.717, 1.165) is 16.4 Å². The molecular formula is C7H11IO. The van der Waals surface area contributed by atoms with Crippen LogP contribution in [0.2, 0.25) is 0 Å². The molecule has 1 saturated carbocycles. The summed E-state index contributed by atoms with van der Waals surface area (Å²) in [5, 5.41) is 0. The van der Waals surface area contributed by atoms with Crippen molar-refractivity contribution >= 4 is 22.6 Å². The largest absolute Gasteiger partial charge is 0.378 e. The third-order valence-electron chi connectivity index (χ3n) is 2.39. The molecule has 2 aliphatic rings. The number of fused-ring (bicyclic) bond motifs is 1. The van der Waals surface area contributed by atoms with E-state index in [1.165, 1.54) is 19.3 Å². The maximum absolute atomic E-state index is 5.54. The van der Waals surface area contributed by atoms with Crippen LogP contribution in [0.1, 0.15) is 19.3 Å². The lowest BCUT2D eigenvalue weighted by molar-refractivity contribution is 0.103. The molecule has 2 heteroatoms. The van der Waals surface area contributed by atoms with Crippen molar-refractivity contribution in [2.45, 2.75) is 29.3 Å². The zero-order valence-electron chi connectivity index (χ0n) is 5.35. The van der Waals surface area contributed by atoms with Crippen LogP contribution in [-0.4, -0.2) is 16.6 Å². The van der Waals surface area contributed by atoms with Crippen LogP contribution in [0.3, 0.4) is 0 Å². The average molecular weight is 238 g/mol. The van der Waals surface area contributed by atoms with E-state index in [-0.39, 0.29) is 0 Å². The van der Waals surface area contributed by atoms with Crippen molar-refractivity contribution in [2.75, 3.05) is 6.61 Å². The fourth-order valence-corrected chi connectivity index (χ4v) is 3.05. The fourth-order valence-electron chi connectivity index (χ4n) is 1.90. The first-order valence-corrected chi connectivity index (χ1v) is 4.86. The summed E-state index contributed by atoms with van der Waals surface area (Å²) in [6.07, 6.45) is 4.69. The standard InChI is InChI=1S/C7H11IO/c8-6-3-5-1-2-9-7(5)4-6/h5-7H,1-4H2. The van der Waals surface area contributed by atoms with Crippen LogP contribution in [-0.2, 0) is 4.74 Å². The van der Waals surface area contributed by atoms with Gasteiger partial charge in [-0.15, -0.1) is 0 Å². The van der Waals surface area contributed by atoms with E-state index in [4.69, 9.17) is 4.74 Å². The van der Waals surface area contributed by atoms with Gasteiger partial charge in [-0.2, -0.15) is 0 Å². The molecule has 1 nitrogen and oxygen atoms in total. The first-order chi connectivity index (χ1) is 4.36. The molecule has 0 bridgehead atoms. The molecule has 9 heavy (non-hydrogen) atoms. The summed E-state index contributed by atoms with van der Waals surface area (Å²) >= 11 is 2.54. The third kappa shape index (κ3) is 1.11. The minimum Gasteiger partial charge on any atom is -0.378 e. The summed E-state index contributed by atoms with van der Waals surface area (Å²) in [6, 6.07) is 0. The van der Waals surface area contributed by atoms with Crippen molar-refractivity contribution in [3.8, 4) is 0 Å². The van der Waals surface area contributed by atoms with Crippen LogP contribution in [0.4, 0.5) is 0 Å². The van der Waals surface area contributed by atoms with Gasteiger partial charge in [0.15, 0.2) is 0 Å². The zero-order chi connectivity index (χ0) is 6.27. The predicted molar refractivity (Wildman–Crippen MR) is 44.9 cm³/mol. The first-order valence-electron chi connectivity index (χ1n) is 3.62. The molecular weight excluding hydrogens is 227 g/mol. The predicted octanol–water partition coefficient (Wildman–Crippen LogP) is 1.99. The number of alkyl halides is 1. The van der Waals surface area contributed by atoms with Gasteiger partial charge in [-0.1, -0.05) is 22.6 Å². The quantitative estimate of drug-likeness (QED) is 0.463. The highest BCUT2D eigenvalue weighted by atomic mass is 127. The lowest BCUT2D eigenvalue weighted by Crippen LogP contribution is -2.06. The maximum Gasteiger partial charge on any atom is 0.0614 e. The Morgan fingerprint density at radius 2 is 2.22 bits per heavy atom. The van der Waals surface area contributed by atoms with Crippen molar-refractivity contribution in [1.29, 1.82) is 0 Å². The first kappa shape index (κ1) is 6.40. The van der Waals surface area contributed by atoms with Gasteiger partial charge in [-0.25, -0.2) is 0 Å². The van der Waals surface area contributed by atoms with Gasteiger partial charge in [0, 0.05) is 10.5 Å². The Bertz CT molecular complexity index is 103. The number of hydrogen-bond donors (Lipinski definition) is 0. The average Bonchev–Trinajstić information content (AvgIpc) is 2.22. The lowest BCUT2D eigenvalue weighted by atomic mass is 10.1. The minimum atomic E-state index is 0.645. The fraction of sp³-hybridized carbons (Fsp3) is 1.00. The molecule has 52 valence electrons. The zero-order valence-corrected chi connectivity index (χ0v) is 7.50. The highest BCUT2D eigenvalue weighted by Gasteiger charge is 2.36. The van der Waals surface area contributed by atoms with E-state index >= 15 is 0 Å². The van der Waals surface area contributed by atoms with Crippen LogP contribution >= 0.6 is 22.6 Å². The van der Waals surface area contributed by atoms with Gasteiger partial charge in [-0.3, -0.25) is 0 Å². The van der Waals surface area contributed by atoms with E-state index in [1.54, 1.807) is 0 Å². The van der Waals surface area contributed by atoms with Crippen LogP contribution in [0, 0.1) is 5.92 Å². The second kappa shape index (κ2) is 2.38. The molecule has 0 aromatic carbocycles. The highest BCUT2D eigenvalue weighted by molar-refractivity contribution is 14.1. The van der Waals surface area contributed by atoms with Gasteiger partial charge in [-0.05, 0) is 25.2 Å². The SMILES string of the molecule is IC1CC2CCOC2C1. The number of halogens is 1. The summed E-state index contributed by atoms with van der Waals surface area (Å²) in [7, 11) is 0. The molecule has 0 N–H and O–H groups in total. The number of rotatable bonds is 0. The van der Waals surface area contributed by atoms with Gasteiger partial charge in [0.25, 0.3) is 0 Å². The van der Waals surface area contributed by atoms with Gasteiger partial charge < -0.3 is 4.74 Å². The molecule has 0 radical (unpaired) electrons. The molecule has 3 unspecified atom stereocenters. The Kier molecular flexibility index (Phi) is 1.69. The minimum absolute atomic E-state index is 0.645. The monoisotopic (exact) mass is 238 g/mol. The topological polar surface area (TPSA) is 9.23 Å². The Balaban J connectivity index is 2.02. The van der Waals surface area contributed by atoms with Gasteiger partial charge in [0.1, 0.15) is 0 Å². The van der Waals surface area contributed by atoms with E-state index in [1.807, 2.05) is 0 Å². The maximum atomic E-state index is 5.54. The normalized spacial score (nSPS) is 49.7. The van der Waals surface area contributed by atoms with E-state index in [2.05, 4.69) is 22.6 Å². The molecule has 1 aliphatic heterocycles. The summed E-state index contributed by atoms with van der Waals surface area (Å²) in [5.74, 6) is 0.923. The van der Waals surface area contributed by atoms with E-state index < -0.39 is 0 Å². The molecule has 1 saturated heterocycles. The molecule has 2 fully saturated rings. The van der Waals surface area contributed by atoms with Crippen molar-refractivity contribution in [3.63, 3.8) is 0 Å².